The molecule has 0 bridgehead atoms. The largest absolute Gasteiger partial charge is 0.484 e. The summed E-state index contributed by atoms with van der Waals surface area (Å²) >= 11 is 6.06. The van der Waals surface area contributed by atoms with Crippen molar-refractivity contribution in [2.24, 2.45) is 0 Å². The van der Waals surface area contributed by atoms with Gasteiger partial charge in [-0.3, -0.25) is 4.79 Å². The normalized spacial score (nSPS) is 20.2. The van der Waals surface area contributed by atoms with Crippen LogP contribution in [0.25, 0.3) is 0 Å². The summed E-state index contributed by atoms with van der Waals surface area (Å²) in [6.45, 7) is 3.59. The zero-order chi connectivity index (χ0) is 15.6. The van der Waals surface area contributed by atoms with Crippen molar-refractivity contribution in [2.45, 2.75) is 26.3 Å². The van der Waals surface area contributed by atoms with Gasteiger partial charge in [0.15, 0.2) is 16.4 Å². The predicted octanol–water partition coefficient (Wildman–Crippen LogP) is 1.64. The molecule has 1 fully saturated rings. The maximum Gasteiger partial charge on any atom is 0.258 e. The van der Waals surface area contributed by atoms with Crippen LogP contribution in [-0.4, -0.2) is 38.5 Å². The van der Waals surface area contributed by atoms with E-state index in [2.05, 4.69) is 5.32 Å². The van der Waals surface area contributed by atoms with E-state index in [0.717, 1.165) is 11.1 Å². The molecule has 0 saturated carbocycles. The number of sulfone groups is 1. The van der Waals surface area contributed by atoms with Gasteiger partial charge in [-0.2, -0.15) is 0 Å². The van der Waals surface area contributed by atoms with Crippen LogP contribution in [0.5, 0.6) is 5.75 Å². The molecule has 1 heterocycles. The summed E-state index contributed by atoms with van der Waals surface area (Å²) in [6, 6.07) is 3.23. The Morgan fingerprint density at radius 2 is 2.00 bits per heavy atom. The fourth-order valence-corrected chi connectivity index (χ4v) is 4.10. The second-order valence-electron chi connectivity index (χ2n) is 5.33. The minimum absolute atomic E-state index is 0.0118. The van der Waals surface area contributed by atoms with E-state index < -0.39 is 9.84 Å². The molecule has 1 atom stereocenters. The van der Waals surface area contributed by atoms with Crippen molar-refractivity contribution < 1.29 is 17.9 Å². The molecule has 7 heteroatoms. The SMILES string of the molecule is Cc1cc(OCC(=O)NC2CCS(=O)(=O)C2)cc(C)c1Cl. The van der Waals surface area contributed by atoms with Gasteiger partial charge in [-0.1, -0.05) is 11.6 Å². The molecule has 1 aliphatic rings. The Kier molecular flexibility index (Phi) is 4.78. The van der Waals surface area contributed by atoms with Gasteiger partial charge in [-0.05, 0) is 43.5 Å². The molecular weight excluding hydrogens is 314 g/mol. The highest BCUT2D eigenvalue weighted by atomic mass is 35.5. The van der Waals surface area contributed by atoms with E-state index in [4.69, 9.17) is 16.3 Å². The van der Waals surface area contributed by atoms with Crippen LogP contribution in [0.15, 0.2) is 12.1 Å². The molecule has 0 radical (unpaired) electrons. The Morgan fingerprint density at radius 1 is 1.38 bits per heavy atom. The first-order chi connectivity index (χ1) is 9.77. The first-order valence-electron chi connectivity index (χ1n) is 6.66. The zero-order valence-electron chi connectivity index (χ0n) is 12.0. The summed E-state index contributed by atoms with van der Waals surface area (Å²) in [4.78, 5) is 11.8. The number of halogens is 1. The van der Waals surface area contributed by atoms with Crippen molar-refractivity contribution in [2.75, 3.05) is 18.1 Å². The average molecular weight is 332 g/mol. The third-order valence-electron chi connectivity index (χ3n) is 3.38. The van der Waals surface area contributed by atoms with Crippen molar-refractivity contribution in [3.8, 4) is 5.75 Å². The smallest absolute Gasteiger partial charge is 0.258 e. The third kappa shape index (κ3) is 4.35. The van der Waals surface area contributed by atoms with Crippen LogP contribution in [0.2, 0.25) is 5.02 Å². The summed E-state index contributed by atoms with van der Waals surface area (Å²) in [5, 5.41) is 3.36. The van der Waals surface area contributed by atoms with Crippen molar-refractivity contribution >= 4 is 27.3 Å². The van der Waals surface area contributed by atoms with Crippen molar-refractivity contribution in [3.05, 3.63) is 28.3 Å². The number of rotatable bonds is 4. The van der Waals surface area contributed by atoms with Gasteiger partial charge in [0.05, 0.1) is 11.5 Å². The Hall–Kier alpha value is -1.27. The Balaban J connectivity index is 1.87. The fourth-order valence-electron chi connectivity index (χ4n) is 2.32. The lowest BCUT2D eigenvalue weighted by molar-refractivity contribution is -0.123. The molecule has 0 aromatic heterocycles. The first-order valence-corrected chi connectivity index (χ1v) is 8.86. The lowest BCUT2D eigenvalue weighted by Crippen LogP contribution is -2.38. The van der Waals surface area contributed by atoms with E-state index in [9.17, 15) is 13.2 Å². The summed E-state index contributed by atoms with van der Waals surface area (Å²) < 4.78 is 28.1. The van der Waals surface area contributed by atoms with Gasteiger partial charge in [0.2, 0.25) is 0 Å². The maximum atomic E-state index is 11.8. The molecule has 2 rings (SSSR count). The zero-order valence-corrected chi connectivity index (χ0v) is 13.6. The molecular formula is C14H18ClNO4S. The first kappa shape index (κ1) is 16.1. The second-order valence-corrected chi connectivity index (χ2v) is 7.93. The summed E-state index contributed by atoms with van der Waals surface area (Å²) in [6.07, 6.45) is 0.466. The van der Waals surface area contributed by atoms with Crippen molar-refractivity contribution in [1.29, 1.82) is 0 Å². The summed E-state index contributed by atoms with van der Waals surface area (Å²) in [5.74, 6) is 0.401. The lowest BCUT2D eigenvalue weighted by Gasteiger charge is -2.13. The molecule has 0 spiro atoms. The second kappa shape index (κ2) is 6.23. The van der Waals surface area contributed by atoms with Crippen LogP contribution in [0.1, 0.15) is 17.5 Å². The maximum absolute atomic E-state index is 11.8. The molecule has 0 aliphatic carbocycles. The highest BCUT2D eigenvalue weighted by molar-refractivity contribution is 7.91. The Labute approximate surface area is 129 Å². The Bertz CT molecular complexity index is 634. The molecule has 21 heavy (non-hydrogen) atoms. The highest BCUT2D eigenvalue weighted by Crippen LogP contribution is 2.25. The number of benzene rings is 1. The predicted molar refractivity (Wildman–Crippen MR) is 81.6 cm³/mol. The van der Waals surface area contributed by atoms with E-state index in [0.29, 0.717) is 17.2 Å². The summed E-state index contributed by atoms with van der Waals surface area (Å²) in [7, 11) is -2.99. The van der Waals surface area contributed by atoms with E-state index >= 15 is 0 Å². The van der Waals surface area contributed by atoms with Crippen molar-refractivity contribution in [1.82, 2.24) is 5.32 Å². The van der Waals surface area contributed by atoms with Gasteiger partial charge in [0.1, 0.15) is 5.75 Å². The molecule has 1 aliphatic heterocycles. The molecule has 1 aromatic carbocycles. The molecule has 5 nitrogen and oxygen atoms in total. The summed E-state index contributed by atoms with van der Waals surface area (Å²) in [5.41, 5.74) is 1.77. The number of carbonyl (C=O) groups excluding carboxylic acids is 1. The monoisotopic (exact) mass is 331 g/mol. The van der Waals surface area contributed by atoms with Gasteiger partial charge in [0.25, 0.3) is 5.91 Å². The topological polar surface area (TPSA) is 72.5 Å². The van der Waals surface area contributed by atoms with Crippen LogP contribution >= 0.6 is 11.6 Å². The van der Waals surface area contributed by atoms with Gasteiger partial charge in [-0.25, -0.2) is 8.42 Å². The van der Waals surface area contributed by atoms with Gasteiger partial charge in [0, 0.05) is 11.1 Å². The number of hydrogen-bond donors (Lipinski definition) is 1. The highest BCUT2D eigenvalue weighted by Gasteiger charge is 2.28. The number of amides is 1. The van der Waals surface area contributed by atoms with Crippen molar-refractivity contribution in [3.63, 3.8) is 0 Å². The van der Waals surface area contributed by atoms with E-state index in [1.54, 1.807) is 12.1 Å². The number of hydrogen-bond acceptors (Lipinski definition) is 4. The minimum atomic E-state index is -2.99. The van der Waals surface area contributed by atoms with Crippen LogP contribution in [-0.2, 0) is 14.6 Å². The molecule has 1 unspecified atom stereocenters. The van der Waals surface area contributed by atoms with E-state index in [-0.39, 0.29) is 30.1 Å². The molecule has 1 aromatic rings. The number of aryl methyl sites for hydroxylation is 2. The van der Waals surface area contributed by atoms with Gasteiger partial charge < -0.3 is 10.1 Å². The fraction of sp³-hybridized carbons (Fsp3) is 0.500. The van der Waals surface area contributed by atoms with E-state index in [1.807, 2.05) is 13.8 Å². The molecule has 1 N–H and O–H groups in total. The molecule has 1 amide bonds. The Morgan fingerprint density at radius 3 is 2.52 bits per heavy atom. The average Bonchev–Trinajstić information content (AvgIpc) is 2.72. The number of carbonyl (C=O) groups is 1. The minimum Gasteiger partial charge on any atom is -0.484 e. The van der Waals surface area contributed by atoms with Crippen LogP contribution in [0, 0.1) is 13.8 Å². The van der Waals surface area contributed by atoms with E-state index in [1.165, 1.54) is 0 Å². The standard InChI is InChI=1S/C14H18ClNO4S/c1-9-5-12(6-10(2)14(9)15)20-7-13(17)16-11-3-4-21(18,19)8-11/h5-6,11H,3-4,7-8H2,1-2H3,(H,16,17). The van der Waals surface area contributed by atoms with Gasteiger partial charge in [-0.15, -0.1) is 0 Å². The molecule has 1 saturated heterocycles. The number of nitrogens with one attached hydrogen (secondary N) is 1. The van der Waals surface area contributed by atoms with Crippen LogP contribution < -0.4 is 10.1 Å². The quantitative estimate of drug-likeness (QED) is 0.910. The van der Waals surface area contributed by atoms with Crippen LogP contribution in [0.3, 0.4) is 0 Å². The lowest BCUT2D eigenvalue weighted by atomic mass is 10.1. The third-order valence-corrected chi connectivity index (χ3v) is 5.74. The number of ether oxygens (including phenoxy) is 1. The van der Waals surface area contributed by atoms with Crippen LogP contribution in [0.4, 0.5) is 0 Å². The van der Waals surface area contributed by atoms with Gasteiger partial charge >= 0.3 is 0 Å². The molecule has 116 valence electrons.